The van der Waals surface area contributed by atoms with E-state index in [-0.39, 0.29) is 6.42 Å². The van der Waals surface area contributed by atoms with Gasteiger partial charge in [-0.1, -0.05) is 30.3 Å². The Labute approximate surface area is 262 Å². The summed E-state index contributed by atoms with van der Waals surface area (Å²) in [6, 6.07) is 3.12. The number of amides is 2. The minimum Gasteiger partial charge on any atom is -0.467 e. The van der Waals surface area contributed by atoms with Crippen molar-refractivity contribution in [3.8, 4) is 0 Å². The number of carbonyl (C=O) groups is 6. The third-order valence-electron chi connectivity index (χ3n) is 6.96. The van der Waals surface area contributed by atoms with Crippen LogP contribution in [0.25, 0.3) is 0 Å². The van der Waals surface area contributed by atoms with Gasteiger partial charge in [-0.05, 0) is 12.8 Å². The second kappa shape index (κ2) is 16.4. The van der Waals surface area contributed by atoms with Crippen molar-refractivity contribution in [2.45, 2.75) is 88.8 Å². The number of alkyl halides is 3. The predicted molar refractivity (Wildman–Crippen MR) is 148 cm³/mol. The molecule has 1 fully saturated rings. The first-order chi connectivity index (χ1) is 21.5. The summed E-state index contributed by atoms with van der Waals surface area (Å²) in [7, 11) is 1.65. The Bertz CT molecular complexity index is 1260. The molecule has 2 N–H and O–H groups in total. The van der Waals surface area contributed by atoms with E-state index in [4.69, 9.17) is 28.4 Å². The van der Waals surface area contributed by atoms with Crippen molar-refractivity contribution in [3.05, 3.63) is 35.9 Å². The molecule has 0 aliphatic carbocycles. The van der Waals surface area contributed by atoms with E-state index in [0.29, 0.717) is 7.11 Å². The molecule has 2 amide bonds. The molecule has 7 atom stereocenters. The van der Waals surface area contributed by atoms with Crippen LogP contribution < -0.4 is 10.6 Å². The van der Waals surface area contributed by atoms with Gasteiger partial charge < -0.3 is 39.1 Å². The first-order valence-electron chi connectivity index (χ1n) is 13.9. The Morgan fingerprint density at radius 1 is 0.870 bits per heavy atom. The van der Waals surface area contributed by atoms with Crippen LogP contribution in [-0.2, 0) is 62.8 Å². The number of hydrogen-bond acceptors (Lipinski definition) is 12. The number of nitrogens with one attached hydrogen (secondary N) is 2. The summed E-state index contributed by atoms with van der Waals surface area (Å²) in [6.45, 7) is 3.86. The summed E-state index contributed by atoms with van der Waals surface area (Å²) >= 11 is 0. The highest BCUT2D eigenvalue weighted by Gasteiger charge is 2.63. The fraction of sp³-hybridized carbons (Fsp3) is 0.586. The second-order valence-electron chi connectivity index (χ2n) is 10.3. The molecule has 46 heavy (non-hydrogen) atoms. The van der Waals surface area contributed by atoms with Gasteiger partial charge in [-0.15, -0.1) is 0 Å². The third kappa shape index (κ3) is 9.38. The molecule has 1 aromatic carbocycles. The Kier molecular flexibility index (Phi) is 13.5. The molecule has 1 aromatic rings. The molecule has 2 rings (SSSR count). The van der Waals surface area contributed by atoms with Crippen LogP contribution in [0.5, 0.6) is 0 Å². The van der Waals surface area contributed by atoms with E-state index < -0.39 is 103 Å². The average Bonchev–Trinajstić information content (AvgIpc) is 2.96. The molecular formula is C29H37F3N2O12. The van der Waals surface area contributed by atoms with E-state index >= 15 is 0 Å². The molecule has 1 heterocycles. The molecule has 0 radical (unpaired) electrons. The number of carbonyl (C=O) groups excluding carboxylic acids is 6. The fourth-order valence-electron chi connectivity index (χ4n) is 5.08. The normalized spacial score (nSPS) is 23.1. The monoisotopic (exact) mass is 662 g/mol. The minimum atomic E-state index is -5.27. The van der Waals surface area contributed by atoms with Crippen LogP contribution in [0.4, 0.5) is 13.2 Å². The topological polar surface area (TPSA) is 182 Å². The lowest BCUT2D eigenvalue weighted by molar-refractivity contribution is -0.266. The van der Waals surface area contributed by atoms with Gasteiger partial charge in [-0.2, -0.15) is 13.2 Å². The Morgan fingerprint density at radius 3 is 1.93 bits per heavy atom. The number of ether oxygens (including phenoxy) is 6. The van der Waals surface area contributed by atoms with Crippen LogP contribution in [0.3, 0.4) is 0 Å². The zero-order valence-corrected chi connectivity index (χ0v) is 26.0. The molecule has 14 nitrogen and oxygen atoms in total. The zero-order valence-electron chi connectivity index (χ0n) is 26.0. The Hall–Kier alpha value is -4.25. The van der Waals surface area contributed by atoms with Crippen LogP contribution in [0.1, 0.15) is 46.1 Å². The highest BCUT2D eigenvalue weighted by molar-refractivity contribution is 5.91. The molecule has 256 valence electrons. The fourth-order valence-corrected chi connectivity index (χ4v) is 5.08. The van der Waals surface area contributed by atoms with E-state index in [9.17, 15) is 41.9 Å². The third-order valence-corrected chi connectivity index (χ3v) is 6.96. The Balaban J connectivity index is 2.50. The van der Waals surface area contributed by atoms with Crippen LogP contribution in [0.15, 0.2) is 30.3 Å². The second-order valence-corrected chi connectivity index (χ2v) is 10.3. The largest absolute Gasteiger partial charge is 0.467 e. The van der Waals surface area contributed by atoms with Crippen molar-refractivity contribution in [3.63, 3.8) is 0 Å². The smallest absolute Gasteiger partial charge is 0.430 e. The molecule has 17 heteroatoms. The summed E-state index contributed by atoms with van der Waals surface area (Å²) < 4.78 is 74.7. The molecule has 0 unspecified atom stereocenters. The number of esters is 4. The molecule has 1 aliphatic rings. The summed E-state index contributed by atoms with van der Waals surface area (Å²) in [4.78, 5) is 73.9. The van der Waals surface area contributed by atoms with Gasteiger partial charge in [0.05, 0.1) is 19.3 Å². The van der Waals surface area contributed by atoms with Gasteiger partial charge in [0, 0.05) is 40.4 Å². The van der Waals surface area contributed by atoms with Gasteiger partial charge >= 0.3 is 30.1 Å². The van der Waals surface area contributed by atoms with Gasteiger partial charge in [0.1, 0.15) is 18.8 Å². The molecule has 0 bridgehead atoms. The number of benzene rings is 1. The van der Waals surface area contributed by atoms with Crippen LogP contribution in [0.2, 0.25) is 0 Å². The van der Waals surface area contributed by atoms with Crippen LogP contribution >= 0.6 is 0 Å². The maximum Gasteiger partial charge on any atom is 0.430 e. The Morgan fingerprint density at radius 2 is 1.46 bits per heavy atom. The van der Waals surface area contributed by atoms with Crippen molar-refractivity contribution in [1.29, 1.82) is 0 Å². The molecule has 0 saturated carbocycles. The standard InChI is InChI=1S/C29H37F3N2O12/c1-15(35)33-23-21(46-22(14-43-16(2)36)24(44-17(3)37)25(23)45-18(4)38)13-12-20(26(39)41-5)34-27(40)28(42-6,29(30,31)32)19-10-8-7-9-11-19/h7-11,20-25H,12-14H2,1-6H3,(H,33,35)(H,34,40)/t20-,21-,22+,23-,24+,25+,28-/m0/s1. The molecule has 1 aliphatic heterocycles. The lowest BCUT2D eigenvalue weighted by Crippen LogP contribution is -2.66. The van der Waals surface area contributed by atoms with Gasteiger partial charge in [-0.3, -0.25) is 24.0 Å². The van der Waals surface area contributed by atoms with E-state index in [1.54, 1.807) is 0 Å². The first-order valence-corrected chi connectivity index (χ1v) is 13.9. The van der Waals surface area contributed by atoms with Crippen molar-refractivity contribution in [1.82, 2.24) is 10.6 Å². The van der Waals surface area contributed by atoms with Crippen molar-refractivity contribution in [2.24, 2.45) is 0 Å². The maximum absolute atomic E-state index is 14.5. The maximum atomic E-state index is 14.5. The van der Waals surface area contributed by atoms with E-state index in [0.717, 1.165) is 46.9 Å². The zero-order chi connectivity index (χ0) is 34.8. The van der Waals surface area contributed by atoms with E-state index in [1.807, 2.05) is 0 Å². The molecule has 1 saturated heterocycles. The lowest BCUT2D eigenvalue weighted by atomic mass is 9.88. The van der Waals surface area contributed by atoms with Gasteiger partial charge in [0.2, 0.25) is 5.91 Å². The highest BCUT2D eigenvalue weighted by atomic mass is 19.4. The predicted octanol–water partition coefficient (Wildman–Crippen LogP) is 1.23. The van der Waals surface area contributed by atoms with Gasteiger partial charge in [-0.25, -0.2) is 4.79 Å². The number of methoxy groups -OCH3 is 2. The molecule has 0 aromatic heterocycles. The van der Waals surface area contributed by atoms with Crippen LogP contribution in [-0.4, -0.2) is 99.2 Å². The minimum absolute atomic E-state index is 0.288. The summed E-state index contributed by atoms with van der Waals surface area (Å²) in [5.41, 5.74) is -4.06. The van der Waals surface area contributed by atoms with Crippen LogP contribution in [0, 0.1) is 0 Å². The van der Waals surface area contributed by atoms with Gasteiger partial charge in [0.15, 0.2) is 12.2 Å². The van der Waals surface area contributed by atoms with Crippen molar-refractivity contribution < 1.29 is 70.4 Å². The summed E-state index contributed by atoms with van der Waals surface area (Å²) in [6.07, 6.45) is -11.2. The lowest BCUT2D eigenvalue weighted by Gasteiger charge is -2.45. The molecular weight excluding hydrogens is 625 g/mol. The van der Waals surface area contributed by atoms with Crippen molar-refractivity contribution >= 4 is 35.7 Å². The van der Waals surface area contributed by atoms with E-state index in [1.165, 1.54) is 18.2 Å². The number of halogens is 3. The highest BCUT2D eigenvalue weighted by Crippen LogP contribution is 2.42. The molecule has 0 spiro atoms. The summed E-state index contributed by atoms with van der Waals surface area (Å²) in [5, 5.41) is 4.61. The number of hydrogen-bond donors (Lipinski definition) is 2. The quantitative estimate of drug-likeness (QED) is 0.228. The summed E-state index contributed by atoms with van der Waals surface area (Å²) in [5.74, 6) is -5.86. The first kappa shape index (κ1) is 37.9. The SMILES string of the molecule is COC(=O)[C@H](CC[C@@H]1O[C@H](COC(C)=O)[C@@H](OC(C)=O)[C@H](OC(C)=O)[C@H]1NC(C)=O)NC(=O)[C@@](OC)(c1ccccc1)C(F)(F)F. The van der Waals surface area contributed by atoms with E-state index in [2.05, 4.69) is 10.6 Å². The van der Waals surface area contributed by atoms with Crippen molar-refractivity contribution in [2.75, 3.05) is 20.8 Å². The average molecular weight is 663 g/mol. The number of rotatable bonds is 13. The van der Waals surface area contributed by atoms with Gasteiger partial charge in [0.25, 0.3) is 11.5 Å².